The van der Waals surface area contributed by atoms with Gasteiger partial charge in [0.2, 0.25) is 0 Å². The van der Waals surface area contributed by atoms with E-state index in [1.807, 2.05) is 13.0 Å². The van der Waals surface area contributed by atoms with Crippen molar-refractivity contribution in [2.45, 2.75) is 54.1 Å². The number of hydrogen-bond donors (Lipinski definition) is 0. The maximum atomic E-state index is 14.7. The number of ether oxygens (including phenoxy) is 2. The fourth-order valence-electron chi connectivity index (χ4n) is 3.48. The van der Waals surface area contributed by atoms with Crippen LogP contribution in [0.3, 0.4) is 0 Å². The van der Waals surface area contributed by atoms with Gasteiger partial charge in [-0.05, 0) is 59.6 Å². The predicted molar refractivity (Wildman–Crippen MR) is 111 cm³/mol. The summed E-state index contributed by atoms with van der Waals surface area (Å²) in [5, 5.41) is 0. The van der Waals surface area contributed by atoms with E-state index >= 15 is 0 Å². The van der Waals surface area contributed by atoms with Gasteiger partial charge in [-0.3, -0.25) is 0 Å². The Bertz CT molecular complexity index is 759. The minimum atomic E-state index is -0.252. The lowest BCUT2D eigenvalue weighted by molar-refractivity contribution is -0.0129. The van der Waals surface area contributed by atoms with Gasteiger partial charge in [-0.15, -0.1) is 0 Å². The summed E-state index contributed by atoms with van der Waals surface area (Å²) in [6, 6.07) is 11.2. The van der Waals surface area contributed by atoms with E-state index in [1.165, 1.54) is 11.6 Å². The van der Waals surface area contributed by atoms with Crippen LogP contribution < -0.4 is 4.74 Å². The SMILES string of the molecule is CCO[C@H](c1cc(CC(C)C)ccc1-c1cc(OC)ccc1F)C(C)(C)C. The number of halogens is 1. The zero-order valence-corrected chi connectivity index (χ0v) is 17.7. The molecule has 0 radical (unpaired) electrons. The molecule has 0 N–H and O–H groups in total. The molecule has 2 aromatic carbocycles. The Morgan fingerprint density at radius 3 is 2.26 bits per heavy atom. The van der Waals surface area contributed by atoms with Gasteiger partial charge in [-0.1, -0.05) is 52.8 Å². The van der Waals surface area contributed by atoms with Crippen molar-refractivity contribution >= 4 is 0 Å². The van der Waals surface area contributed by atoms with E-state index in [0.29, 0.717) is 23.8 Å². The minimum absolute atomic E-state index is 0.115. The Morgan fingerprint density at radius 1 is 1.00 bits per heavy atom. The summed E-state index contributed by atoms with van der Waals surface area (Å²) in [4.78, 5) is 0. The standard InChI is InChI=1S/C24H33FO2/c1-8-27-23(24(4,5)6)21-14-17(13-16(2)3)9-11-19(21)20-15-18(26-7)10-12-22(20)25/h9-12,14-16,23H,8,13H2,1-7H3/t23-/m1/s1. The monoisotopic (exact) mass is 372 g/mol. The number of benzene rings is 2. The van der Waals surface area contributed by atoms with Crippen LogP contribution in [0.5, 0.6) is 5.75 Å². The maximum absolute atomic E-state index is 14.7. The second kappa shape index (κ2) is 8.88. The van der Waals surface area contributed by atoms with Gasteiger partial charge < -0.3 is 9.47 Å². The van der Waals surface area contributed by atoms with E-state index in [1.54, 1.807) is 19.2 Å². The lowest BCUT2D eigenvalue weighted by atomic mass is 9.80. The third-order valence-electron chi connectivity index (χ3n) is 4.63. The molecule has 0 heterocycles. The molecule has 0 fully saturated rings. The summed E-state index contributed by atoms with van der Waals surface area (Å²) in [7, 11) is 1.60. The third kappa shape index (κ3) is 5.32. The van der Waals surface area contributed by atoms with Crippen molar-refractivity contribution in [3.05, 3.63) is 53.3 Å². The summed E-state index contributed by atoms with van der Waals surface area (Å²) in [6.45, 7) is 13.5. The van der Waals surface area contributed by atoms with Gasteiger partial charge in [0.25, 0.3) is 0 Å². The van der Waals surface area contributed by atoms with Gasteiger partial charge in [-0.2, -0.15) is 0 Å². The molecule has 0 saturated heterocycles. The Balaban J connectivity index is 2.69. The van der Waals surface area contributed by atoms with Crippen LogP contribution in [0.15, 0.2) is 36.4 Å². The fraction of sp³-hybridized carbons (Fsp3) is 0.500. The van der Waals surface area contributed by atoms with E-state index in [4.69, 9.17) is 9.47 Å². The molecule has 1 atom stereocenters. The van der Waals surface area contributed by atoms with Crippen LogP contribution in [0, 0.1) is 17.2 Å². The first-order valence-corrected chi connectivity index (χ1v) is 9.75. The van der Waals surface area contributed by atoms with Crippen molar-refractivity contribution in [2.24, 2.45) is 11.3 Å². The Kier molecular flexibility index (Phi) is 7.05. The van der Waals surface area contributed by atoms with Crippen LogP contribution in [0.1, 0.15) is 58.8 Å². The van der Waals surface area contributed by atoms with Crippen LogP contribution in [-0.2, 0) is 11.2 Å². The predicted octanol–water partition coefficient (Wildman–Crippen LogP) is 6.82. The summed E-state index contributed by atoms with van der Waals surface area (Å²) >= 11 is 0. The van der Waals surface area contributed by atoms with Crippen molar-refractivity contribution in [2.75, 3.05) is 13.7 Å². The molecule has 0 aliphatic carbocycles. The summed E-state index contributed by atoms with van der Waals surface area (Å²) in [6.07, 6.45) is 0.854. The van der Waals surface area contributed by atoms with Crippen molar-refractivity contribution in [1.29, 1.82) is 0 Å². The highest BCUT2D eigenvalue weighted by atomic mass is 19.1. The van der Waals surface area contributed by atoms with Crippen LogP contribution in [-0.4, -0.2) is 13.7 Å². The molecule has 0 aliphatic rings. The summed E-state index contributed by atoms with van der Waals surface area (Å²) in [5.41, 5.74) is 3.59. The first-order chi connectivity index (χ1) is 12.7. The van der Waals surface area contributed by atoms with Crippen molar-refractivity contribution in [3.8, 4) is 16.9 Å². The molecule has 0 spiro atoms. The van der Waals surface area contributed by atoms with E-state index in [2.05, 4.69) is 46.8 Å². The zero-order chi connectivity index (χ0) is 20.2. The van der Waals surface area contributed by atoms with Gasteiger partial charge in [-0.25, -0.2) is 4.39 Å². The molecule has 0 amide bonds. The molecule has 0 saturated carbocycles. The first kappa shape index (κ1) is 21.4. The van der Waals surface area contributed by atoms with Crippen molar-refractivity contribution < 1.29 is 13.9 Å². The largest absolute Gasteiger partial charge is 0.497 e. The van der Waals surface area contributed by atoms with Gasteiger partial charge in [0.15, 0.2) is 0 Å². The quantitative estimate of drug-likeness (QED) is 0.531. The normalized spacial score (nSPS) is 13.1. The summed E-state index contributed by atoms with van der Waals surface area (Å²) < 4.78 is 26.2. The van der Waals surface area contributed by atoms with Gasteiger partial charge in [0.05, 0.1) is 13.2 Å². The highest BCUT2D eigenvalue weighted by Crippen LogP contribution is 2.42. The molecule has 0 aromatic heterocycles. The van der Waals surface area contributed by atoms with E-state index in [9.17, 15) is 4.39 Å². The molecule has 148 valence electrons. The van der Waals surface area contributed by atoms with Gasteiger partial charge in [0.1, 0.15) is 11.6 Å². The zero-order valence-electron chi connectivity index (χ0n) is 17.7. The molecule has 3 heteroatoms. The second-order valence-corrected chi connectivity index (χ2v) is 8.57. The highest BCUT2D eigenvalue weighted by molar-refractivity contribution is 5.70. The maximum Gasteiger partial charge on any atom is 0.131 e. The molecule has 2 rings (SSSR count). The summed E-state index contributed by atoms with van der Waals surface area (Å²) in [5.74, 6) is 0.947. The fourth-order valence-corrected chi connectivity index (χ4v) is 3.48. The van der Waals surface area contributed by atoms with Crippen molar-refractivity contribution in [1.82, 2.24) is 0 Å². The smallest absolute Gasteiger partial charge is 0.131 e. The second-order valence-electron chi connectivity index (χ2n) is 8.57. The molecule has 0 bridgehead atoms. The van der Waals surface area contributed by atoms with Crippen LogP contribution in [0.25, 0.3) is 11.1 Å². The molecule has 27 heavy (non-hydrogen) atoms. The van der Waals surface area contributed by atoms with E-state index in [0.717, 1.165) is 17.5 Å². The Morgan fingerprint density at radius 2 is 1.70 bits per heavy atom. The average molecular weight is 373 g/mol. The van der Waals surface area contributed by atoms with E-state index < -0.39 is 0 Å². The molecular weight excluding hydrogens is 339 g/mol. The highest BCUT2D eigenvalue weighted by Gasteiger charge is 2.30. The Hall–Kier alpha value is -1.87. The minimum Gasteiger partial charge on any atom is -0.497 e. The van der Waals surface area contributed by atoms with Gasteiger partial charge in [0, 0.05) is 12.2 Å². The van der Waals surface area contributed by atoms with Crippen LogP contribution in [0.2, 0.25) is 0 Å². The number of rotatable bonds is 7. The number of methoxy groups -OCH3 is 1. The molecule has 0 unspecified atom stereocenters. The molecular formula is C24H33FO2. The van der Waals surface area contributed by atoms with Crippen LogP contribution >= 0.6 is 0 Å². The topological polar surface area (TPSA) is 18.5 Å². The molecule has 2 nitrogen and oxygen atoms in total. The van der Waals surface area contributed by atoms with Crippen LogP contribution in [0.4, 0.5) is 4.39 Å². The first-order valence-electron chi connectivity index (χ1n) is 9.75. The average Bonchev–Trinajstić information content (AvgIpc) is 2.59. The molecule has 0 aliphatic heterocycles. The van der Waals surface area contributed by atoms with Gasteiger partial charge >= 0.3 is 0 Å². The van der Waals surface area contributed by atoms with E-state index in [-0.39, 0.29) is 17.3 Å². The molecule has 2 aromatic rings. The lowest BCUT2D eigenvalue weighted by Crippen LogP contribution is -2.22. The number of hydrogen-bond acceptors (Lipinski definition) is 2. The third-order valence-corrected chi connectivity index (χ3v) is 4.63. The van der Waals surface area contributed by atoms with Crippen molar-refractivity contribution in [3.63, 3.8) is 0 Å². The lowest BCUT2D eigenvalue weighted by Gasteiger charge is -2.33. The Labute approximate surface area is 163 Å².